The first-order valence-electron chi connectivity index (χ1n) is 12.2. The third kappa shape index (κ3) is 3.47. The van der Waals surface area contributed by atoms with Gasteiger partial charge in [0.15, 0.2) is 0 Å². The van der Waals surface area contributed by atoms with E-state index in [0.29, 0.717) is 0 Å². The second kappa shape index (κ2) is 8.37. The molecule has 0 amide bonds. The number of benzene rings is 6. The Morgan fingerprint density at radius 3 is 2.06 bits per heavy atom. The van der Waals surface area contributed by atoms with Crippen LogP contribution in [-0.2, 0) is 6.42 Å². The van der Waals surface area contributed by atoms with Crippen LogP contribution in [-0.4, -0.2) is 0 Å². The number of hydrogen-bond acceptors (Lipinski definition) is 0. The molecule has 0 heteroatoms. The van der Waals surface area contributed by atoms with Crippen LogP contribution in [0, 0.1) is 0 Å². The first-order valence-corrected chi connectivity index (χ1v) is 12.2. The Hall–Kier alpha value is -3.64. The molecule has 33 heavy (non-hydrogen) atoms. The van der Waals surface area contributed by atoms with Gasteiger partial charge in [-0.1, -0.05) is 111 Å². The zero-order chi connectivity index (χ0) is 22.2. The molecule has 0 unspecified atom stereocenters. The molecule has 0 fully saturated rings. The van der Waals surface area contributed by atoms with E-state index in [4.69, 9.17) is 0 Å². The van der Waals surface area contributed by atoms with Gasteiger partial charge in [0, 0.05) is 0 Å². The van der Waals surface area contributed by atoms with Crippen LogP contribution in [0.1, 0.15) is 31.7 Å². The molecule has 0 aliphatic rings. The van der Waals surface area contributed by atoms with Gasteiger partial charge >= 0.3 is 0 Å². The highest BCUT2D eigenvalue weighted by Crippen LogP contribution is 2.40. The average molecular weight is 425 g/mol. The molecule has 0 saturated carbocycles. The summed E-state index contributed by atoms with van der Waals surface area (Å²) in [5.74, 6) is 0. The maximum atomic E-state index is 2.39. The van der Waals surface area contributed by atoms with Gasteiger partial charge in [-0.2, -0.15) is 0 Å². The van der Waals surface area contributed by atoms with Crippen molar-refractivity contribution in [3.63, 3.8) is 0 Å². The first kappa shape index (κ1) is 20.0. The average Bonchev–Trinajstić information content (AvgIpc) is 2.87. The Morgan fingerprint density at radius 1 is 0.485 bits per heavy atom. The van der Waals surface area contributed by atoms with Gasteiger partial charge in [0.2, 0.25) is 0 Å². The molecule has 6 aromatic rings. The van der Waals surface area contributed by atoms with Gasteiger partial charge in [-0.15, -0.1) is 0 Å². The summed E-state index contributed by atoms with van der Waals surface area (Å²) < 4.78 is 0. The fourth-order valence-electron chi connectivity index (χ4n) is 5.41. The summed E-state index contributed by atoms with van der Waals surface area (Å²) in [5, 5.41) is 10.6. The minimum atomic E-state index is 1.12. The number of aryl methyl sites for hydroxylation is 1. The van der Waals surface area contributed by atoms with Crippen molar-refractivity contribution >= 4 is 43.1 Å². The Kier molecular flexibility index (Phi) is 5.07. The third-order valence-electron chi connectivity index (χ3n) is 7.08. The van der Waals surface area contributed by atoms with Crippen molar-refractivity contribution in [2.24, 2.45) is 0 Å². The molecule has 0 saturated heterocycles. The number of unbranched alkanes of at least 4 members (excludes halogenated alkanes) is 2. The second-order valence-corrected chi connectivity index (χ2v) is 9.16. The molecule has 160 valence electrons. The van der Waals surface area contributed by atoms with Gasteiger partial charge in [0.1, 0.15) is 0 Å². The lowest BCUT2D eigenvalue weighted by Crippen LogP contribution is -1.94. The van der Waals surface area contributed by atoms with E-state index in [9.17, 15) is 0 Å². The summed E-state index contributed by atoms with van der Waals surface area (Å²) in [4.78, 5) is 0. The Labute approximate surface area is 195 Å². The second-order valence-electron chi connectivity index (χ2n) is 9.16. The topological polar surface area (TPSA) is 0 Å². The molecule has 0 spiro atoms. The summed E-state index contributed by atoms with van der Waals surface area (Å²) in [6.07, 6.45) is 4.87. The molecule has 0 aromatic heterocycles. The maximum absolute atomic E-state index is 2.39. The molecule has 0 radical (unpaired) electrons. The van der Waals surface area contributed by atoms with E-state index in [1.807, 2.05) is 0 Å². The highest BCUT2D eigenvalue weighted by atomic mass is 14.2. The quantitative estimate of drug-likeness (QED) is 0.147. The standard InChI is InChI=1S/C33H28/c1-2-3-4-11-24-18-19-29-28-15-8-7-10-23(28)17-20-31(29)33(24)30-16-9-14-27-21-25-12-5-6-13-26(25)22-32(27)30/h5-10,12-22H,2-4,11H2,1H3. The maximum Gasteiger partial charge on any atom is -0.00668 e. The molecule has 0 aliphatic heterocycles. The van der Waals surface area contributed by atoms with Crippen molar-refractivity contribution < 1.29 is 0 Å². The fraction of sp³-hybridized carbons (Fsp3) is 0.152. The Bertz CT molecular complexity index is 1620. The van der Waals surface area contributed by atoms with Crippen LogP contribution in [0.5, 0.6) is 0 Å². The molecule has 6 aromatic carbocycles. The lowest BCUT2D eigenvalue weighted by Gasteiger charge is -2.17. The van der Waals surface area contributed by atoms with Crippen molar-refractivity contribution in [1.82, 2.24) is 0 Å². The van der Waals surface area contributed by atoms with Crippen LogP contribution < -0.4 is 0 Å². The van der Waals surface area contributed by atoms with E-state index in [0.717, 1.165) is 6.42 Å². The molecule has 0 nitrogen and oxygen atoms in total. The monoisotopic (exact) mass is 424 g/mol. The van der Waals surface area contributed by atoms with Gasteiger partial charge in [-0.25, -0.2) is 0 Å². The van der Waals surface area contributed by atoms with E-state index in [1.165, 1.54) is 79.0 Å². The molecule has 0 atom stereocenters. The summed E-state index contributed by atoms with van der Waals surface area (Å²) in [7, 11) is 0. The van der Waals surface area contributed by atoms with E-state index in [1.54, 1.807) is 0 Å². The molecule has 6 rings (SSSR count). The van der Waals surface area contributed by atoms with Gasteiger partial charge < -0.3 is 0 Å². The van der Waals surface area contributed by atoms with Gasteiger partial charge in [-0.05, 0) is 84.8 Å². The summed E-state index contributed by atoms with van der Waals surface area (Å²) >= 11 is 0. The van der Waals surface area contributed by atoms with Crippen molar-refractivity contribution in [1.29, 1.82) is 0 Å². The van der Waals surface area contributed by atoms with Crippen LogP contribution in [0.3, 0.4) is 0 Å². The summed E-state index contributed by atoms with van der Waals surface area (Å²) in [5.41, 5.74) is 4.23. The van der Waals surface area contributed by atoms with Crippen molar-refractivity contribution in [3.05, 3.63) is 109 Å². The zero-order valence-electron chi connectivity index (χ0n) is 19.1. The first-order chi connectivity index (χ1) is 16.3. The van der Waals surface area contributed by atoms with E-state index < -0.39 is 0 Å². The van der Waals surface area contributed by atoms with Crippen LogP contribution in [0.4, 0.5) is 0 Å². The predicted molar refractivity (Wildman–Crippen MR) is 145 cm³/mol. The molecular weight excluding hydrogens is 396 g/mol. The van der Waals surface area contributed by atoms with E-state index >= 15 is 0 Å². The predicted octanol–water partition coefficient (Wildman–Crippen LogP) is 9.70. The van der Waals surface area contributed by atoms with Crippen molar-refractivity contribution in [2.75, 3.05) is 0 Å². The largest absolute Gasteiger partial charge is 0.0654 e. The minimum Gasteiger partial charge on any atom is -0.0654 e. The molecule has 0 bridgehead atoms. The summed E-state index contributed by atoms with van der Waals surface area (Å²) in [6, 6.07) is 38.3. The highest BCUT2D eigenvalue weighted by Gasteiger charge is 2.15. The fourth-order valence-corrected chi connectivity index (χ4v) is 5.41. The SMILES string of the molecule is CCCCCc1ccc2c(ccc3ccccc32)c1-c1cccc2cc3ccccc3cc12. The number of fused-ring (bicyclic) bond motifs is 5. The lowest BCUT2D eigenvalue weighted by atomic mass is 9.86. The van der Waals surface area contributed by atoms with Gasteiger partial charge in [0.05, 0.1) is 0 Å². The van der Waals surface area contributed by atoms with Gasteiger partial charge in [-0.3, -0.25) is 0 Å². The highest BCUT2D eigenvalue weighted by molar-refractivity contribution is 6.16. The van der Waals surface area contributed by atoms with Crippen molar-refractivity contribution in [2.45, 2.75) is 32.6 Å². The number of hydrogen-bond donors (Lipinski definition) is 0. The smallest absolute Gasteiger partial charge is 0.00668 e. The lowest BCUT2D eigenvalue weighted by molar-refractivity contribution is 0.718. The van der Waals surface area contributed by atoms with Crippen LogP contribution >= 0.6 is 0 Å². The molecular formula is C33H28. The number of rotatable bonds is 5. The van der Waals surface area contributed by atoms with Crippen LogP contribution in [0.25, 0.3) is 54.2 Å². The van der Waals surface area contributed by atoms with E-state index in [2.05, 4.69) is 110 Å². The van der Waals surface area contributed by atoms with Crippen molar-refractivity contribution in [3.8, 4) is 11.1 Å². The minimum absolute atomic E-state index is 1.12. The molecule has 0 aliphatic carbocycles. The normalized spacial score (nSPS) is 11.7. The zero-order valence-corrected chi connectivity index (χ0v) is 19.1. The van der Waals surface area contributed by atoms with Gasteiger partial charge in [0.25, 0.3) is 0 Å². The Morgan fingerprint density at radius 2 is 1.21 bits per heavy atom. The summed E-state index contributed by atoms with van der Waals surface area (Å²) in [6.45, 7) is 2.28. The van der Waals surface area contributed by atoms with Crippen LogP contribution in [0.15, 0.2) is 103 Å². The Balaban J connectivity index is 1.69. The molecule has 0 heterocycles. The third-order valence-corrected chi connectivity index (χ3v) is 7.08. The van der Waals surface area contributed by atoms with E-state index in [-0.39, 0.29) is 0 Å². The van der Waals surface area contributed by atoms with Crippen LogP contribution in [0.2, 0.25) is 0 Å². The molecule has 0 N–H and O–H groups in total.